The van der Waals surface area contributed by atoms with E-state index < -0.39 is 0 Å². The molecule has 0 aliphatic heterocycles. The molecular formula is C14H23N. The first-order valence-electron chi connectivity index (χ1n) is 5.82. The minimum absolute atomic E-state index is 0.324. The molecule has 0 fully saturated rings. The van der Waals surface area contributed by atoms with Gasteiger partial charge in [0.05, 0.1) is 0 Å². The van der Waals surface area contributed by atoms with Gasteiger partial charge in [-0.15, -0.1) is 0 Å². The Morgan fingerprint density at radius 3 is 2.47 bits per heavy atom. The van der Waals surface area contributed by atoms with E-state index in [1.54, 1.807) is 0 Å². The summed E-state index contributed by atoms with van der Waals surface area (Å²) in [5, 5.41) is 0. The Balaban J connectivity index is 2.61. The van der Waals surface area contributed by atoms with E-state index in [1.807, 2.05) is 0 Å². The van der Waals surface area contributed by atoms with Crippen LogP contribution in [0.4, 0.5) is 0 Å². The van der Waals surface area contributed by atoms with E-state index in [0.29, 0.717) is 12.0 Å². The zero-order chi connectivity index (χ0) is 11.4. The summed E-state index contributed by atoms with van der Waals surface area (Å²) in [6, 6.07) is 6.97. The fourth-order valence-electron chi connectivity index (χ4n) is 1.73. The van der Waals surface area contributed by atoms with Crippen LogP contribution < -0.4 is 5.73 Å². The highest BCUT2D eigenvalue weighted by Crippen LogP contribution is 2.15. The molecule has 0 bridgehead atoms. The smallest absolute Gasteiger partial charge is 0.00650 e. The standard InChI is InChI=1S/C14H23N/c1-10(2)14(15)8-7-13-9-11(3)5-6-12(13)4/h5-6,9-10,14H,7-8,15H2,1-4H3. The summed E-state index contributed by atoms with van der Waals surface area (Å²) in [6.45, 7) is 8.70. The van der Waals surface area contributed by atoms with Gasteiger partial charge < -0.3 is 5.73 Å². The normalized spacial score (nSPS) is 13.2. The van der Waals surface area contributed by atoms with Crippen molar-refractivity contribution in [1.82, 2.24) is 0 Å². The predicted molar refractivity (Wildman–Crippen MR) is 67.1 cm³/mol. The monoisotopic (exact) mass is 205 g/mol. The molecule has 0 saturated heterocycles. The second-order valence-corrected chi connectivity index (χ2v) is 4.88. The molecule has 0 amide bonds. The number of nitrogens with two attached hydrogens (primary N) is 1. The highest BCUT2D eigenvalue weighted by Gasteiger charge is 2.08. The van der Waals surface area contributed by atoms with Crippen LogP contribution in [0.2, 0.25) is 0 Å². The first-order chi connectivity index (χ1) is 7.00. The van der Waals surface area contributed by atoms with Gasteiger partial charge in [-0.05, 0) is 43.7 Å². The summed E-state index contributed by atoms with van der Waals surface area (Å²) < 4.78 is 0. The molecule has 0 aliphatic carbocycles. The summed E-state index contributed by atoms with van der Waals surface area (Å²) in [5.41, 5.74) is 10.2. The van der Waals surface area contributed by atoms with Gasteiger partial charge in [0.25, 0.3) is 0 Å². The Morgan fingerprint density at radius 1 is 1.20 bits per heavy atom. The van der Waals surface area contributed by atoms with Crippen LogP contribution in [0.15, 0.2) is 18.2 Å². The van der Waals surface area contributed by atoms with Crippen LogP contribution in [0.5, 0.6) is 0 Å². The van der Waals surface area contributed by atoms with Crippen LogP contribution in [0.1, 0.15) is 37.0 Å². The summed E-state index contributed by atoms with van der Waals surface area (Å²) in [5.74, 6) is 0.579. The van der Waals surface area contributed by atoms with Crippen molar-refractivity contribution in [3.05, 3.63) is 34.9 Å². The lowest BCUT2D eigenvalue weighted by molar-refractivity contribution is 0.464. The Bertz CT molecular complexity index is 315. The Labute approximate surface area is 93.7 Å². The fourth-order valence-corrected chi connectivity index (χ4v) is 1.73. The Kier molecular flexibility index (Phi) is 4.34. The minimum atomic E-state index is 0.324. The van der Waals surface area contributed by atoms with E-state index >= 15 is 0 Å². The van der Waals surface area contributed by atoms with Gasteiger partial charge in [-0.25, -0.2) is 0 Å². The second kappa shape index (κ2) is 5.32. The van der Waals surface area contributed by atoms with E-state index in [-0.39, 0.29) is 0 Å². The van der Waals surface area contributed by atoms with E-state index in [9.17, 15) is 0 Å². The third-order valence-electron chi connectivity index (χ3n) is 3.11. The van der Waals surface area contributed by atoms with Gasteiger partial charge in [0.15, 0.2) is 0 Å². The molecule has 0 spiro atoms. The second-order valence-electron chi connectivity index (χ2n) is 4.88. The zero-order valence-corrected chi connectivity index (χ0v) is 10.4. The molecule has 84 valence electrons. The first-order valence-corrected chi connectivity index (χ1v) is 5.82. The van der Waals surface area contributed by atoms with Crippen LogP contribution in [0, 0.1) is 19.8 Å². The van der Waals surface area contributed by atoms with Crippen molar-refractivity contribution in [2.45, 2.75) is 46.6 Å². The van der Waals surface area contributed by atoms with Crippen LogP contribution in [-0.2, 0) is 6.42 Å². The van der Waals surface area contributed by atoms with Crippen molar-refractivity contribution < 1.29 is 0 Å². The SMILES string of the molecule is Cc1ccc(C)c(CCC(N)C(C)C)c1. The minimum Gasteiger partial charge on any atom is -0.327 e. The molecule has 1 nitrogen and oxygen atoms in total. The molecule has 0 aliphatic rings. The molecule has 0 heterocycles. The van der Waals surface area contributed by atoms with Gasteiger partial charge in [-0.3, -0.25) is 0 Å². The zero-order valence-electron chi connectivity index (χ0n) is 10.4. The Hall–Kier alpha value is -0.820. The molecule has 1 unspecified atom stereocenters. The van der Waals surface area contributed by atoms with Crippen molar-refractivity contribution >= 4 is 0 Å². The van der Waals surface area contributed by atoms with Gasteiger partial charge in [0, 0.05) is 6.04 Å². The number of aryl methyl sites for hydroxylation is 3. The van der Waals surface area contributed by atoms with Crippen LogP contribution in [0.25, 0.3) is 0 Å². The van der Waals surface area contributed by atoms with Crippen molar-refractivity contribution in [3.63, 3.8) is 0 Å². The Morgan fingerprint density at radius 2 is 1.87 bits per heavy atom. The molecular weight excluding hydrogens is 182 g/mol. The van der Waals surface area contributed by atoms with Crippen molar-refractivity contribution in [2.75, 3.05) is 0 Å². The first kappa shape index (κ1) is 12.3. The van der Waals surface area contributed by atoms with Crippen LogP contribution >= 0.6 is 0 Å². The number of rotatable bonds is 4. The molecule has 0 radical (unpaired) electrons. The average molecular weight is 205 g/mol. The van der Waals surface area contributed by atoms with Crippen LogP contribution in [0.3, 0.4) is 0 Å². The highest BCUT2D eigenvalue weighted by atomic mass is 14.6. The van der Waals surface area contributed by atoms with E-state index in [2.05, 4.69) is 45.9 Å². The van der Waals surface area contributed by atoms with Gasteiger partial charge in [-0.1, -0.05) is 37.6 Å². The summed E-state index contributed by atoms with van der Waals surface area (Å²) in [7, 11) is 0. The fraction of sp³-hybridized carbons (Fsp3) is 0.571. The predicted octanol–water partition coefficient (Wildman–Crippen LogP) is 3.22. The lowest BCUT2D eigenvalue weighted by atomic mass is 9.95. The van der Waals surface area contributed by atoms with E-state index in [0.717, 1.165) is 12.8 Å². The summed E-state index contributed by atoms with van der Waals surface area (Å²) >= 11 is 0. The van der Waals surface area contributed by atoms with Gasteiger partial charge in [0.1, 0.15) is 0 Å². The maximum atomic E-state index is 6.05. The molecule has 1 aromatic rings. The number of hydrogen-bond acceptors (Lipinski definition) is 1. The lowest BCUT2D eigenvalue weighted by Gasteiger charge is -2.16. The third kappa shape index (κ3) is 3.67. The van der Waals surface area contributed by atoms with Crippen molar-refractivity contribution in [3.8, 4) is 0 Å². The number of benzene rings is 1. The van der Waals surface area contributed by atoms with E-state index in [1.165, 1.54) is 16.7 Å². The summed E-state index contributed by atoms with van der Waals surface area (Å²) in [6.07, 6.45) is 2.19. The van der Waals surface area contributed by atoms with Gasteiger partial charge in [-0.2, -0.15) is 0 Å². The molecule has 1 rings (SSSR count). The molecule has 2 N–H and O–H groups in total. The highest BCUT2D eigenvalue weighted by molar-refractivity contribution is 5.30. The summed E-state index contributed by atoms with van der Waals surface area (Å²) in [4.78, 5) is 0. The molecule has 1 aromatic carbocycles. The third-order valence-corrected chi connectivity index (χ3v) is 3.11. The van der Waals surface area contributed by atoms with Crippen LogP contribution in [-0.4, -0.2) is 6.04 Å². The van der Waals surface area contributed by atoms with E-state index in [4.69, 9.17) is 5.73 Å². The number of hydrogen-bond donors (Lipinski definition) is 1. The topological polar surface area (TPSA) is 26.0 Å². The molecule has 0 aromatic heterocycles. The average Bonchev–Trinajstić information content (AvgIpc) is 2.18. The lowest BCUT2D eigenvalue weighted by Crippen LogP contribution is -2.26. The van der Waals surface area contributed by atoms with Gasteiger partial charge in [0.2, 0.25) is 0 Å². The largest absolute Gasteiger partial charge is 0.327 e. The molecule has 0 saturated carbocycles. The maximum absolute atomic E-state index is 6.05. The molecule has 15 heavy (non-hydrogen) atoms. The maximum Gasteiger partial charge on any atom is 0.00650 e. The van der Waals surface area contributed by atoms with Gasteiger partial charge >= 0.3 is 0 Å². The quantitative estimate of drug-likeness (QED) is 0.802. The van der Waals surface area contributed by atoms with Crippen molar-refractivity contribution in [2.24, 2.45) is 11.7 Å². The molecule has 1 heteroatoms. The molecule has 1 atom stereocenters. The van der Waals surface area contributed by atoms with Crippen molar-refractivity contribution in [1.29, 1.82) is 0 Å².